The van der Waals surface area contributed by atoms with Crippen molar-refractivity contribution in [1.29, 1.82) is 0 Å². The molecule has 1 saturated heterocycles. The zero-order valence-electron chi connectivity index (χ0n) is 24.2. The first kappa shape index (κ1) is 32.1. The lowest BCUT2D eigenvalue weighted by atomic mass is 9.96. The van der Waals surface area contributed by atoms with Crippen LogP contribution in [0.1, 0.15) is 40.8 Å². The van der Waals surface area contributed by atoms with Crippen molar-refractivity contribution in [3.63, 3.8) is 0 Å². The number of hydrogen-bond donors (Lipinski definition) is 3. The molecule has 2 unspecified atom stereocenters. The molecule has 3 aromatic rings. The summed E-state index contributed by atoms with van der Waals surface area (Å²) in [6.45, 7) is 8.45. The molecule has 2 heterocycles. The van der Waals surface area contributed by atoms with Gasteiger partial charge < -0.3 is 24.2 Å². The Balaban J connectivity index is 1.58. The molecule has 42 heavy (non-hydrogen) atoms. The van der Waals surface area contributed by atoms with E-state index in [9.17, 15) is 24.4 Å². The number of H-pyrrole nitrogens is 1. The Kier molecular flexibility index (Phi) is 9.46. The number of carbonyl (C=O) groups excluding carboxylic acids is 1. The van der Waals surface area contributed by atoms with Crippen molar-refractivity contribution in [2.45, 2.75) is 58.7 Å². The molecule has 13 heteroatoms. The lowest BCUT2D eigenvalue weighted by Gasteiger charge is -2.28. The smallest absolute Gasteiger partial charge is 0.380 e. The van der Waals surface area contributed by atoms with Crippen LogP contribution in [0.2, 0.25) is 0 Å². The van der Waals surface area contributed by atoms with Gasteiger partial charge in [0, 0.05) is 17.6 Å². The van der Waals surface area contributed by atoms with Gasteiger partial charge in [0.2, 0.25) is 0 Å². The number of hydrogen-bond acceptors (Lipinski definition) is 10. The molecule has 0 bridgehead atoms. The maximum Gasteiger partial charge on any atom is 0.380 e. The topological polar surface area (TPSA) is 149 Å². The van der Waals surface area contributed by atoms with Crippen molar-refractivity contribution in [2.24, 2.45) is 11.3 Å². The number of carbonyl (C=O) groups is 1. The fourth-order valence-corrected chi connectivity index (χ4v) is 6.70. The molecule has 0 spiro atoms. The largest absolute Gasteiger partial charge is 0.465 e. The number of fused-ring (bicyclic) bond motifs is 1. The van der Waals surface area contributed by atoms with E-state index in [-0.39, 0.29) is 23.0 Å². The summed E-state index contributed by atoms with van der Waals surface area (Å²) < 4.78 is 38.8. The van der Waals surface area contributed by atoms with E-state index in [4.69, 9.17) is 30.7 Å². The van der Waals surface area contributed by atoms with Crippen molar-refractivity contribution in [3.05, 3.63) is 69.9 Å². The minimum absolute atomic E-state index is 0.0194. The number of benzene rings is 2. The Morgan fingerprint density at radius 3 is 2.60 bits per heavy atom. The molecule has 0 radical (unpaired) electrons. The van der Waals surface area contributed by atoms with Gasteiger partial charge in [-0.05, 0) is 36.0 Å². The van der Waals surface area contributed by atoms with Crippen LogP contribution >= 0.6 is 19.8 Å². The van der Waals surface area contributed by atoms with Crippen LogP contribution in [0.25, 0.3) is 10.8 Å². The molecule has 0 amide bonds. The minimum atomic E-state index is -4.10. The summed E-state index contributed by atoms with van der Waals surface area (Å²) in [7, 11) is -4.10. The predicted octanol–water partition coefficient (Wildman–Crippen LogP) is 4.58. The normalized spacial score (nSPS) is 24.7. The Morgan fingerprint density at radius 2 is 1.90 bits per heavy atom. The van der Waals surface area contributed by atoms with Crippen molar-refractivity contribution in [2.75, 3.05) is 19.4 Å². The van der Waals surface area contributed by atoms with E-state index in [2.05, 4.69) is 4.98 Å². The number of aromatic nitrogens is 2. The van der Waals surface area contributed by atoms with E-state index in [0.29, 0.717) is 11.1 Å². The molecular weight excluding hydrogens is 583 g/mol. The average Bonchev–Trinajstić information content (AvgIpc) is 3.14. The molecule has 1 fully saturated rings. The lowest BCUT2D eigenvalue weighted by Crippen LogP contribution is -2.44. The second-order valence-electron chi connectivity index (χ2n) is 11.9. The average molecular weight is 621 g/mol. The van der Waals surface area contributed by atoms with Crippen LogP contribution in [0.3, 0.4) is 0 Å². The van der Waals surface area contributed by atoms with Crippen molar-refractivity contribution in [3.8, 4) is 5.75 Å². The van der Waals surface area contributed by atoms with Crippen LogP contribution < -0.4 is 10.1 Å². The van der Waals surface area contributed by atoms with Crippen molar-refractivity contribution >= 4 is 36.6 Å². The number of aliphatic hydroxyl groups is 2. The van der Waals surface area contributed by atoms with Crippen LogP contribution in [0, 0.1) is 16.1 Å². The molecule has 228 valence electrons. The number of esters is 1. The first-order valence-corrected chi connectivity index (χ1v) is 15.7. The van der Waals surface area contributed by atoms with Crippen LogP contribution in [-0.2, 0) is 23.4 Å². The number of nitrogens with one attached hydrogen (secondary N) is 1. The Bertz CT molecular complexity index is 1590. The second kappa shape index (κ2) is 12.4. The number of ether oxygens (including phenoxy) is 2. The molecule has 6 atom stereocenters. The highest BCUT2D eigenvalue weighted by atomic mass is 32.1. The fourth-order valence-electron chi connectivity index (χ4n) is 4.56. The number of nitrogens with zero attached hydrogens (tertiary/aromatic N) is 1. The quantitative estimate of drug-likeness (QED) is 0.167. The Hall–Kier alpha value is -2.86. The minimum Gasteiger partial charge on any atom is -0.465 e. The molecular formula is C29H37N2O9PS. The predicted molar refractivity (Wildman–Crippen MR) is 159 cm³/mol. The van der Waals surface area contributed by atoms with Gasteiger partial charge in [0.15, 0.2) is 11.0 Å². The van der Waals surface area contributed by atoms with Gasteiger partial charge in [0.1, 0.15) is 23.6 Å². The van der Waals surface area contributed by atoms with E-state index in [1.54, 1.807) is 19.1 Å². The molecule has 11 nitrogen and oxygen atoms in total. The van der Waals surface area contributed by atoms with Crippen LogP contribution in [-0.4, -0.2) is 62.9 Å². The highest BCUT2D eigenvalue weighted by molar-refractivity contribution is 7.71. The molecule has 2 aromatic carbocycles. The summed E-state index contributed by atoms with van der Waals surface area (Å²) in [5.74, 6) is -1.11. The van der Waals surface area contributed by atoms with E-state index >= 15 is 0 Å². The Morgan fingerprint density at radius 1 is 1.21 bits per heavy atom. The second-order valence-corrected chi connectivity index (χ2v) is 14.4. The SMILES string of the molecule is C[C@H](CP(=O)(OC[C@H]1O[C@@H](n2ccc(=O)[nH]c2=S)C(C)(O)[C@H]1O)Oc1cccc2ccccc12)C(=O)OCC(C)(C)C. The maximum absolute atomic E-state index is 14.3. The van der Waals surface area contributed by atoms with Gasteiger partial charge in [0.05, 0.1) is 25.3 Å². The van der Waals surface area contributed by atoms with E-state index in [0.717, 1.165) is 5.39 Å². The highest BCUT2D eigenvalue weighted by Gasteiger charge is 2.53. The van der Waals surface area contributed by atoms with Gasteiger partial charge in [-0.3, -0.25) is 23.7 Å². The number of aliphatic hydroxyl groups excluding tert-OH is 1. The summed E-state index contributed by atoms with van der Waals surface area (Å²) in [6, 6.07) is 13.9. The molecule has 0 saturated carbocycles. The molecule has 1 aromatic heterocycles. The zero-order valence-corrected chi connectivity index (χ0v) is 25.9. The molecule has 1 aliphatic heterocycles. The molecule has 1 aliphatic rings. The number of aromatic amines is 1. The summed E-state index contributed by atoms with van der Waals surface area (Å²) in [5, 5.41) is 23.6. The monoisotopic (exact) mass is 620 g/mol. The zero-order chi connectivity index (χ0) is 30.9. The maximum atomic E-state index is 14.3. The Labute approximate surface area is 248 Å². The van der Waals surface area contributed by atoms with Crippen molar-refractivity contribution < 1.29 is 38.1 Å². The van der Waals surface area contributed by atoms with Gasteiger partial charge in [-0.1, -0.05) is 64.1 Å². The van der Waals surface area contributed by atoms with Crippen LogP contribution in [0.4, 0.5) is 0 Å². The van der Waals surface area contributed by atoms with E-state index in [1.165, 1.54) is 23.8 Å². The first-order chi connectivity index (χ1) is 19.6. The fraction of sp³-hybridized carbons (Fsp3) is 0.483. The lowest BCUT2D eigenvalue weighted by molar-refractivity contribution is -0.150. The first-order valence-electron chi connectivity index (χ1n) is 13.5. The third-order valence-corrected chi connectivity index (χ3v) is 9.15. The third kappa shape index (κ3) is 7.37. The van der Waals surface area contributed by atoms with Gasteiger partial charge in [-0.2, -0.15) is 0 Å². The van der Waals surface area contributed by atoms with Gasteiger partial charge >= 0.3 is 13.6 Å². The van der Waals surface area contributed by atoms with Gasteiger partial charge in [0.25, 0.3) is 5.56 Å². The summed E-state index contributed by atoms with van der Waals surface area (Å²) in [4.78, 5) is 26.9. The summed E-state index contributed by atoms with van der Waals surface area (Å²) in [6.07, 6.45) is -2.80. The summed E-state index contributed by atoms with van der Waals surface area (Å²) in [5.41, 5.74) is -2.54. The van der Waals surface area contributed by atoms with Crippen molar-refractivity contribution in [1.82, 2.24) is 9.55 Å². The third-order valence-electron chi connectivity index (χ3n) is 6.83. The van der Waals surface area contributed by atoms with Crippen LogP contribution in [0.5, 0.6) is 5.75 Å². The van der Waals surface area contributed by atoms with Gasteiger partial charge in [-0.25, -0.2) is 4.57 Å². The summed E-state index contributed by atoms with van der Waals surface area (Å²) >= 11 is 5.20. The highest BCUT2D eigenvalue weighted by Crippen LogP contribution is 2.52. The molecule has 4 rings (SSSR count). The molecule has 0 aliphatic carbocycles. The van der Waals surface area contributed by atoms with E-state index < -0.39 is 55.7 Å². The molecule has 3 N–H and O–H groups in total. The number of rotatable bonds is 10. The standard InChI is InChI=1S/C29H37N2O9PS/c1-18(25(34)37-17-28(2,3)4)16-41(36,40-21-12-8-10-19-9-6-7-11-20(19)21)38-15-22-24(33)29(5,35)26(39-22)31-14-13-23(32)30-27(31)42/h6-14,18,22,24,26,33,35H,15-17H2,1-5H3,(H,30,32,42)/t18-,22-,24+,26-,29?,41?/m1/s1. The van der Waals surface area contributed by atoms with Crippen LogP contribution in [0.15, 0.2) is 59.5 Å². The van der Waals surface area contributed by atoms with E-state index in [1.807, 2.05) is 51.1 Å². The van der Waals surface area contributed by atoms with Gasteiger partial charge in [-0.15, -0.1) is 0 Å².